The summed E-state index contributed by atoms with van der Waals surface area (Å²) in [7, 11) is -3.80. The van der Waals surface area contributed by atoms with Gasteiger partial charge in [-0.15, -0.1) is 0 Å². The number of rotatable bonds is 4. The second-order valence-electron chi connectivity index (χ2n) is 7.61. The van der Waals surface area contributed by atoms with E-state index in [0.29, 0.717) is 11.3 Å². The molecule has 26 heavy (non-hydrogen) atoms. The summed E-state index contributed by atoms with van der Waals surface area (Å²) in [6, 6.07) is 9.90. The molecule has 0 aliphatic carbocycles. The summed E-state index contributed by atoms with van der Waals surface area (Å²) in [5.41, 5.74) is 3.25. The average Bonchev–Trinajstić information content (AvgIpc) is 2.49. The van der Waals surface area contributed by atoms with Crippen molar-refractivity contribution in [1.29, 1.82) is 0 Å². The Balaban J connectivity index is 2.36. The van der Waals surface area contributed by atoms with Crippen LogP contribution < -0.4 is 10.0 Å². The van der Waals surface area contributed by atoms with Gasteiger partial charge in [0.15, 0.2) is 0 Å². The van der Waals surface area contributed by atoms with Crippen LogP contribution in [-0.2, 0) is 10.0 Å². The predicted octanol–water partition coefficient (Wildman–Crippen LogP) is 3.94. The molecule has 0 saturated heterocycles. The minimum Gasteiger partial charge on any atom is -0.347 e. The standard InChI is InChI=1S/C20H26N2O3S/c1-13-10-14(2)18(15(3)11-13)22-26(24,25)17-9-7-8-16(12-17)19(23)21-20(4,5)6/h7-12,22H,1-6H3,(H,21,23). The summed E-state index contributed by atoms with van der Waals surface area (Å²) >= 11 is 0. The van der Waals surface area contributed by atoms with Crippen molar-refractivity contribution in [2.45, 2.75) is 52.0 Å². The number of hydrogen-bond donors (Lipinski definition) is 2. The molecule has 140 valence electrons. The predicted molar refractivity (Wildman–Crippen MR) is 105 cm³/mol. The third kappa shape index (κ3) is 4.85. The van der Waals surface area contributed by atoms with E-state index in [1.807, 2.05) is 53.7 Å². The molecule has 5 nitrogen and oxygen atoms in total. The number of nitrogens with one attached hydrogen (secondary N) is 2. The van der Waals surface area contributed by atoms with Crippen LogP contribution in [0.15, 0.2) is 41.3 Å². The number of sulfonamides is 1. The molecule has 0 fully saturated rings. The molecular formula is C20H26N2O3S. The van der Waals surface area contributed by atoms with Gasteiger partial charge in [-0.2, -0.15) is 0 Å². The van der Waals surface area contributed by atoms with Crippen molar-refractivity contribution in [3.05, 3.63) is 58.7 Å². The molecule has 0 spiro atoms. The molecule has 1 amide bonds. The second kappa shape index (κ2) is 7.11. The molecule has 2 aromatic rings. The number of benzene rings is 2. The highest BCUT2D eigenvalue weighted by Crippen LogP contribution is 2.25. The van der Waals surface area contributed by atoms with Crippen molar-refractivity contribution < 1.29 is 13.2 Å². The third-order valence-electron chi connectivity index (χ3n) is 3.81. The Labute approximate surface area is 155 Å². The van der Waals surface area contributed by atoms with Crippen LogP contribution >= 0.6 is 0 Å². The Kier molecular flexibility index (Phi) is 5.47. The van der Waals surface area contributed by atoms with Gasteiger partial charge in [0.25, 0.3) is 15.9 Å². The summed E-state index contributed by atoms with van der Waals surface area (Å²) in [5.74, 6) is -0.308. The lowest BCUT2D eigenvalue weighted by atomic mass is 10.1. The number of carbonyl (C=O) groups is 1. The highest BCUT2D eigenvalue weighted by molar-refractivity contribution is 7.92. The summed E-state index contributed by atoms with van der Waals surface area (Å²) in [5, 5.41) is 2.83. The monoisotopic (exact) mass is 374 g/mol. The van der Waals surface area contributed by atoms with E-state index in [-0.39, 0.29) is 10.8 Å². The summed E-state index contributed by atoms with van der Waals surface area (Å²) in [6.45, 7) is 11.3. The first-order chi connectivity index (χ1) is 11.9. The maximum atomic E-state index is 12.8. The topological polar surface area (TPSA) is 75.3 Å². The van der Waals surface area contributed by atoms with Crippen LogP contribution in [0, 0.1) is 20.8 Å². The van der Waals surface area contributed by atoms with Gasteiger partial charge in [-0.1, -0.05) is 23.8 Å². The smallest absolute Gasteiger partial charge is 0.261 e. The van der Waals surface area contributed by atoms with Gasteiger partial charge in [-0.25, -0.2) is 8.42 Å². The number of carbonyl (C=O) groups excluding carboxylic acids is 1. The Morgan fingerprint density at radius 2 is 1.54 bits per heavy atom. The molecule has 0 radical (unpaired) electrons. The second-order valence-corrected chi connectivity index (χ2v) is 9.29. The van der Waals surface area contributed by atoms with Crippen molar-refractivity contribution in [2.24, 2.45) is 0 Å². The fraction of sp³-hybridized carbons (Fsp3) is 0.350. The molecule has 0 aliphatic heterocycles. The van der Waals surface area contributed by atoms with Crippen LogP contribution in [0.3, 0.4) is 0 Å². The van der Waals surface area contributed by atoms with E-state index in [0.717, 1.165) is 16.7 Å². The minimum absolute atomic E-state index is 0.0541. The third-order valence-corrected chi connectivity index (χ3v) is 5.16. The molecule has 0 atom stereocenters. The largest absolute Gasteiger partial charge is 0.347 e. The number of aryl methyl sites for hydroxylation is 3. The van der Waals surface area contributed by atoms with Gasteiger partial charge in [-0.05, 0) is 70.9 Å². The first kappa shape index (κ1) is 20.0. The van der Waals surface area contributed by atoms with E-state index in [1.165, 1.54) is 12.1 Å². The lowest BCUT2D eigenvalue weighted by Gasteiger charge is -2.20. The fourth-order valence-corrected chi connectivity index (χ4v) is 4.00. The Morgan fingerprint density at radius 3 is 2.08 bits per heavy atom. The summed E-state index contributed by atoms with van der Waals surface area (Å²) < 4.78 is 28.3. The Hall–Kier alpha value is -2.34. The highest BCUT2D eigenvalue weighted by atomic mass is 32.2. The summed E-state index contributed by atoms with van der Waals surface area (Å²) in [4.78, 5) is 12.4. The van der Waals surface area contributed by atoms with Gasteiger partial charge in [0.2, 0.25) is 0 Å². The molecule has 6 heteroatoms. The van der Waals surface area contributed by atoms with E-state index in [9.17, 15) is 13.2 Å². The Morgan fingerprint density at radius 1 is 0.962 bits per heavy atom. The minimum atomic E-state index is -3.80. The van der Waals surface area contributed by atoms with Crippen molar-refractivity contribution in [1.82, 2.24) is 5.32 Å². The van der Waals surface area contributed by atoms with Crippen molar-refractivity contribution >= 4 is 21.6 Å². The zero-order valence-corrected chi connectivity index (χ0v) is 16.9. The average molecular weight is 375 g/mol. The first-order valence-corrected chi connectivity index (χ1v) is 9.90. The van der Waals surface area contributed by atoms with Crippen LogP contribution in [0.1, 0.15) is 47.8 Å². The van der Waals surface area contributed by atoms with Gasteiger partial charge >= 0.3 is 0 Å². The highest BCUT2D eigenvalue weighted by Gasteiger charge is 2.20. The zero-order chi connectivity index (χ0) is 19.7. The molecule has 2 rings (SSSR count). The van der Waals surface area contributed by atoms with Crippen LogP contribution in [0.25, 0.3) is 0 Å². The summed E-state index contributed by atoms with van der Waals surface area (Å²) in [6.07, 6.45) is 0. The molecule has 0 aromatic heterocycles. The lowest BCUT2D eigenvalue weighted by Crippen LogP contribution is -2.40. The first-order valence-electron chi connectivity index (χ1n) is 8.42. The van der Waals surface area contributed by atoms with Gasteiger partial charge in [0.1, 0.15) is 0 Å². The molecule has 0 heterocycles. The van der Waals surface area contributed by atoms with Gasteiger partial charge < -0.3 is 5.32 Å². The molecule has 2 N–H and O–H groups in total. The zero-order valence-electron chi connectivity index (χ0n) is 16.1. The molecule has 0 saturated carbocycles. The number of anilines is 1. The lowest BCUT2D eigenvalue weighted by molar-refractivity contribution is 0.0919. The number of hydrogen-bond acceptors (Lipinski definition) is 3. The molecular weight excluding hydrogens is 348 g/mol. The molecule has 2 aromatic carbocycles. The SMILES string of the molecule is Cc1cc(C)c(NS(=O)(=O)c2cccc(C(=O)NC(C)(C)C)c2)c(C)c1. The fourth-order valence-electron chi connectivity index (χ4n) is 2.75. The van der Waals surface area contributed by atoms with Crippen molar-refractivity contribution in [2.75, 3.05) is 4.72 Å². The molecule has 0 bridgehead atoms. The van der Waals surface area contributed by atoms with E-state index in [1.54, 1.807) is 12.1 Å². The normalized spacial score (nSPS) is 11.9. The number of amides is 1. The van der Waals surface area contributed by atoms with E-state index < -0.39 is 15.6 Å². The van der Waals surface area contributed by atoms with E-state index in [4.69, 9.17) is 0 Å². The van der Waals surface area contributed by atoms with Crippen LogP contribution in [0.5, 0.6) is 0 Å². The van der Waals surface area contributed by atoms with Gasteiger partial charge in [0.05, 0.1) is 10.6 Å². The van der Waals surface area contributed by atoms with Crippen LogP contribution in [-0.4, -0.2) is 19.9 Å². The van der Waals surface area contributed by atoms with Gasteiger partial charge in [0, 0.05) is 11.1 Å². The van der Waals surface area contributed by atoms with E-state index in [2.05, 4.69) is 10.0 Å². The van der Waals surface area contributed by atoms with Crippen molar-refractivity contribution in [3.63, 3.8) is 0 Å². The Bertz CT molecular complexity index is 919. The van der Waals surface area contributed by atoms with E-state index >= 15 is 0 Å². The van der Waals surface area contributed by atoms with Crippen LogP contribution in [0.4, 0.5) is 5.69 Å². The maximum Gasteiger partial charge on any atom is 0.261 e. The molecule has 0 aliphatic rings. The maximum absolute atomic E-state index is 12.8. The van der Waals surface area contributed by atoms with Crippen LogP contribution in [0.2, 0.25) is 0 Å². The quantitative estimate of drug-likeness (QED) is 0.851. The van der Waals surface area contributed by atoms with Crippen molar-refractivity contribution in [3.8, 4) is 0 Å². The van der Waals surface area contributed by atoms with Gasteiger partial charge in [-0.3, -0.25) is 9.52 Å². The molecule has 0 unspecified atom stereocenters.